The van der Waals surface area contributed by atoms with Crippen LogP contribution in [0.15, 0.2) is 42.5 Å². The van der Waals surface area contributed by atoms with E-state index >= 15 is 0 Å². The van der Waals surface area contributed by atoms with Crippen LogP contribution in [-0.2, 0) is 0 Å². The fourth-order valence-electron chi connectivity index (χ4n) is 2.67. The minimum absolute atomic E-state index is 0.229. The van der Waals surface area contributed by atoms with E-state index in [0.29, 0.717) is 0 Å². The molecule has 0 saturated heterocycles. The van der Waals surface area contributed by atoms with Crippen molar-refractivity contribution in [2.45, 2.75) is 26.8 Å². The summed E-state index contributed by atoms with van der Waals surface area (Å²) in [6.07, 6.45) is 0. The predicted octanol–water partition coefficient (Wildman–Crippen LogP) is 4.01. The van der Waals surface area contributed by atoms with Crippen molar-refractivity contribution in [2.24, 2.45) is 0 Å². The average Bonchev–Trinajstić information content (AvgIpc) is 2.46. The molecule has 2 heteroatoms. The molecule has 1 atom stereocenters. The first kappa shape index (κ1) is 14.6. The van der Waals surface area contributed by atoms with Crippen molar-refractivity contribution in [2.75, 3.05) is 13.7 Å². The molecule has 0 aliphatic heterocycles. The molecule has 0 aliphatic rings. The second-order valence-corrected chi connectivity index (χ2v) is 5.07. The summed E-state index contributed by atoms with van der Waals surface area (Å²) in [7, 11) is 1.70. The number of hydrogen-bond donors (Lipinski definition) is 1. The number of benzene rings is 2. The summed E-state index contributed by atoms with van der Waals surface area (Å²) in [4.78, 5) is 0. The van der Waals surface area contributed by atoms with Crippen molar-refractivity contribution >= 4 is 0 Å². The van der Waals surface area contributed by atoms with Crippen LogP contribution in [0.5, 0.6) is 5.75 Å². The fourth-order valence-corrected chi connectivity index (χ4v) is 2.67. The van der Waals surface area contributed by atoms with E-state index in [1.165, 1.54) is 22.3 Å². The number of hydrogen-bond acceptors (Lipinski definition) is 2. The van der Waals surface area contributed by atoms with Gasteiger partial charge in [-0.1, -0.05) is 37.3 Å². The molecule has 20 heavy (non-hydrogen) atoms. The molecule has 1 N–H and O–H groups in total. The van der Waals surface area contributed by atoms with Crippen LogP contribution in [0.1, 0.15) is 35.2 Å². The van der Waals surface area contributed by atoms with Crippen molar-refractivity contribution in [3.8, 4) is 5.75 Å². The first-order valence-corrected chi connectivity index (χ1v) is 7.10. The topological polar surface area (TPSA) is 21.3 Å². The van der Waals surface area contributed by atoms with E-state index in [9.17, 15) is 0 Å². The van der Waals surface area contributed by atoms with Crippen LogP contribution in [0.25, 0.3) is 0 Å². The number of nitrogens with one attached hydrogen (secondary N) is 1. The van der Waals surface area contributed by atoms with Crippen LogP contribution >= 0.6 is 0 Å². The molecule has 2 aromatic carbocycles. The van der Waals surface area contributed by atoms with Crippen LogP contribution in [-0.4, -0.2) is 13.7 Å². The van der Waals surface area contributed by atoms with E-state index in [1.807, 2.05) is 12.1 Å². The van der Waals surface area contributed by atoms with Gasteiger partial charge in [0.15, 0.2) is 0 Å². The lowest BCUT2D eigenvalue weighted by atomic mass is 9.91. The highest BCUT2D eigenvalue weighted by atomic mass is 16.5. The van der Waals surface area contributed by atoms with Gasteiger partial charge < -0.3 is 10.1 Å². The highest BCUT2D eigenvalue weighted by Gasteiger charge is 2.17. The van der Waals surface area contributed by atoms with Gasteiger partial charge in [0.05, 0.1) is 13.2 Å². The summed E-state index contributed by atoms with van der Waals surface area (Å²) in [5.41, 5.74) is 5.29. The molecule has 0 heterocycles. The maximum atomic E-state index is 5.24. The zero-order valence-corrected chi connectivity index (χ0v) is 12.7. The number of methoxy groups -OCH3 is 1. The van der Waals surface area contributed by atoms with Crippen LogP contribution in [0, 0.1) is 13.8 Å². The standard InChI is InChI=1S/C18H23NO/c1-5-19-18(15-9-11-16(20-4)12-10-15)17-13(2)7-6-8-14(17)3/h6-12,18-19H,5H2,1-4H3. The van der Waals surface area contributed by atoms with E-state index < -0.39 is 0 Å². The second-order valence-electron chi connectivity index (χ2n) is 5.07. The van der Waals surface area contributed by atoms with Gasteiger partial charge in [-0.3, -0.25) is 0 Å². The largest absolute Gasteiger partial charge is 0.497 e. The molecule has 0 fully saturated rings. The number of aryl methyl sites for hydroxylation is 2. The van der Waals surface area contributed by atoms with Crippen molar-refractivity contribution < 1.29 is 4.74 Å². The van der Waals surface area contributed by atoms with Crippen LogP contribution < -0.4 is 10.1 Å². The van der Waals surface area contributed by atoms with E-state index in [0.717, 1.165) is 12.3 Å². The van der Waals surface area contributed by atoms with Crippen molar-refractivity contribution in [1.29, 1.82) is 0 Å². The lowest BCUT2D eigenvalue weighted by molar-refractivity contribution is 0.414. The summed E-state index contributed by atoms with van der Waals surface area (Å²) in [5, 5.41) is 3.59. The first-order valence-electron chi connectivity index (χ1n) is 7.10. The Kier molecular flexibility index (Phi) is 4.80. The fraction of sp³-hybridized carbons (Fsp3) is 0.333. The highest BCUT2D eigenvalue weighted by molar-refractivity contribution is 5.43. The van der Waals surface area contributed by atoms with Gasteiger partial charge in [-0.25, -0.2) is 0 Å². The lowest BCUT2D eigenvalue weighted by Gasteiger charge is -2.23. The molecule has 1 unspecified atom stereocenters. The van der Waals surface area contributed by atoms with Crippen molar-refractivity contribution in [1.82, 2.24) is 5.32 Å². The van der Waals surface area contributed by atoms with Gasteiger partial charge in [-0.2, -0.15) is 0 Å². The third-order valence-electron chi connectivity index (χ3n) is 3.69. The third-order valence-corrected chi connectivity index (χ3v) is 3.69. The third kappa shape index (κ3) is 3.02. The summed E-state index contributed by atoms with van der Waals surface area (Å²) >= 11 is 0. The molecule has 0 bridgehead atoms. The Bertz CT molecular complexity index is 540. The Morgan fingerprint density at radius 2 is 1.60 bits per heavy atom. The molecule has 2 rings (SSSR count). The van der Waals surface area contributed by atoms with Crippen LogP contribution in [0.3, 0.4) is 0 Å². The molecule has 2 aromatic rings. The zero-order valence-electron chi connectivity index (χ0n) is 12.7. The Labute approximate surface area is 121 Å². The molecule has 0 amide bonds. The number of ether oxygens (including phenoxy) is 1. The Morgan fingerprint density at radius 1 is 1.00 bits per heavy atom. The minimum atomic E-state index is 0.229. The van der Waals surface area contributed by atoms with Gasteiger partial charge in [-0.15, -0.1) is 0 Å². The van der Waals surface area contributed by atoms with Gasteiger partial charge in [0.1, 0.15) is 5.75 Å². The lowest BCUT2D eigenvalue weighted by Crippen LogP contribution is -2.23. The zero-order chi connectivity index (χ0) is 14.5. The molecule has 2 nitrogen and oxygen atoms in total. The van der Waals surface area contributed by atoms with Gasteiger partial charge in [0.25, 0.3) is 0 Å². The molecular weight excluding hydrogens is 246 g/mol. The van der Waals surface area contributed by atoms with E-state index in [4.69, 9.17) is 4.74 Å². The molecule has 0 spiro atoms. The van der Waals surface area contributed by atoms with Gasteiger partial charge >= 0.3 is 0 Å². The summed E-state index contributed by atoms with van der Waals surface area (Å²) in [5.74, 6) is 0.894. The predicted molar refractivity (Wildman–Crippen MR) is 84.4 cm³/mol. The summed E-state index contributed by atoms with van der Waals surface area (Å²) < 4.78 is 5.24. The molecule has 106 valence electrons. The normalized spacial score (nSPS) is 12.2. The summed E-state index contributed by atoms with van der Waals surface area (Å²) in [6.45, 7) is 7.43. The van der Waals surface area contributed by atoms with E-state index in [1.54, 1.807) is 7.11 Å². The molecular formula is C18H23NO. The van der Waals surface area contributed by atoms with Crippen LogP contribution in [0.2, 0.25) is 0 Å². The second kappa shape index (κ2) is 6.58. The van der Waals surface area contributed by atoms with Gasteiger partial charge in [0, 0.05) is 0 Å². The van der Waals surface area contributed by atoms with Crippen molar-refractivity contribution in [3.63, 3.8) is 0 Å². The Hall–Kier alpha value is -1.80. The highest BCUT2D eigenvalue weighted by Crippen LogP contribution is 2.28. The SMILES string of the molecule is CCNC(c1ccc(OC)cc1)c1c(C)cccc1C. The molecule has 0 saturated carbocycles. The smallest absolute Gasteiger partial charge is 0.118 e. The Morgan fingerprint density at radius 3 is 2.10 bits per heavy atom. The van der Waals surface area contributed by atoms with E-state index in [-0.39, 0.29) is 6.04 Å². The maximum Gasteiger partial charge on any atom is 0.118 e. The quantitative estimate of drug-likeness (QED) is 0.885. The first-order chi connectivity index (χ1) is 9.67. The monoisotopic (exact) mass is 269 g/mol. The number of rotatable bonds is 5. The van der Waals surface area contributed by atoms with Crippen molar-refractivity contribution in [3.05, 3.63) is 64.7 Å². The van der Waals surface area contributed by atoms with Crippen LogP contribution in [0.4, 0.5) is 0 Å². The molecule has 0 aromatic heterocycles. The van der Waals surface area contributed by atoms with E-state index in [2.05, 4.69) is 56.4 Å². The Balaban J connectivity index is 2.44. The minimum Gasteiger partial charge on any atom is -0.497 e. The molecule has 0 aliphatic carbocycles. The summed E-state index contributed by atoms with van der Waals surface area (Å²) in [6, 6.07) is 15.0. The molecule has 0 radical (unpaired) electrons. The maximum absolute atomic E-state index is 5.24. The average molecular weight is 269 g/mol. The van der Waals surface area contributed by atoms with Gasteiger partial charge in [-0.05, 0) is 54.8 Å². The van der Waals surface area contributed by atoms with Gasteiger partial charge in [0.2, 0.25) is 0 Å².